The van der Waals surface area contributed by atoms with Gasteiger partial charge in [0.05, 0.1) is 11.3 Å². The zero-order chi connectivity index (χ0) is 17.2. The largest absolute Gasteiger partial charge is 0.418 e. The number of aromatic nitrogens is 1. The normalized spacial score (nSPS) is 11.6. The smallest absolute Gasteiger partial charge is 0.347 e. The van der Waals surface area contributed by atoms with Gasteiger partial charge in [0, 0.05) is 24.7 Å². The van der Waals surface area contributed by atoms with E-state index in [1.165, 1.54) is 18.2 Å². The summed E-state index contributed by atoms with van der Waals surface area (Å²) < 4.78 is 40.7. The van der Waals surface area contributed by atoms with E-state index in [-0.39, 0.29) is 12.1 Å². The average Bonchev–Trinajstić information content (AvgIpc) is 2.96. The van der Waals surface area contributed by atoms with E-state index in [4.69, 9.17) is 0 Å². The Bertz CT molecular complexity index is 868. The number of amides is 1. The maximum absolute atomic E-state index is 12.9. The van der Waals surface area contributed by atoms with Gasteiger partial charge in [-0.05, 0) is 29.7 Å². The molecule has 3 rings (SSSR count). The van der Waals surface area contributed by atoms with E-state index in [1.807, 2.05) is 41.1 Å². The van der Waals surface area contributed by atoms with Crippen molar-refractivity contribution in [2.45, 2.75) is 19.1 Å². The van der Waals surface area contributed by atoms with E-state index in [9.17, 15) is 18.0 Å². The number of anilines is 1. The van der Waals surface area contributed by atoms with Gasteiger partial charge < -0.3 is 9.88 Å². The molecule has 1 heterocycles. The topological polar surface area (TPSA) is 34.0 Å². The molecular formula is C18H15F3N2O. The summed E-state index contributed by atoms with van der Waals surface area (Å²) >= 11 is 0. The lowest BCUT2D eigenvalue weighted by Gasteiger charge is -2.13. The van der Waals surface area contributed by atoms with Crippen LogP contribution in [0.15, 0.2) is 60.8 Å². The number of alkyl halides is 3. The fourth-order valence-corrected chi connectivity index (χ4v) is 2.61. The van der Waals surface area contributed by atoms with Crippen LogP contribution in [0.1, 0.15) is 12.0 Å². The molecule has 0 radical (unpaired) electrons. The summed E-state index contributed by atoms with van der Waals surface area (Å²) in [5.74, 6) is -0.454. The molecule has 3 nitrogen and oxygen atoms in total. The number of nitrogens with one attached hydrogen (secondary N) is 1. The molecule has 0 saturated carbocycles. The summed E-state index contributed by atoms with van der Waals surface area (Å²) in [6.45, 7) is 0.396. The van der Waals surface area contributed by atoms with Crippen LogP contribution >= 0.6 is 0 Å². The number of carbonyl (C=O) groups excluding carboxylic acids is 1. The van der Waals surface area contributed by atoms with Crippen molar-refractivity contribution in [2.75, 3.05) is 5.32 Å². The first-order valence-corrected chi connectivity index (χ1v) is 7.45. The molecule has 0 atom stereocenters. The van der Waals surface area contributed by atoms with E-state index < -0.39 is 17.6 Å². The summed E-state index contributed by atoms with van der Waals surface area (Å²) in [5, 5.41) is 3.41. The van der Waals surface area contributed by atoms with Crippen LogP contribution in [0.5, 0.6) is 0 Å². The molecule has 2 aromatic carbocycles. The SMILES string of the molecule is O=C(CCn1ccc2ccccc21)Nc1ccccc1C(F)(F)F. The molecule has 0 bridgehead atoms. The predicted molar refractivity (Wildman–Crippen MR) is 86.6 cm³/mol. The van der Waals surface area contributed by atoms with Gasteiger partial charge in [0.15, 0.2) is 0 Å². The van der Waals surface area contributed by atoms with Crippen molar-refractivity contribution in [3.05, 3.63) is 66.4 Å². The number of para-hydroxylation sites is 2. The molecule has 24 heavy (non-hydrogen) atoms. The number of rotatable bonds is 4. The lowest BCUT2D eigenvalue weighted by Crippen LogP contribution is -2.17. The van der Waals surface area contributed by atoms with Crippen LogP contribution in [0.2, 0.25) is 0 Å². The standard InChI is InChI=1S/C18H15F3N2O/c19-18(20,21)14-6-2-3-7-15(14)22-17(24)10-12-23-11-9-13-5-1-4-8-16(13)23/h1-9,11H,10,12H2,(H,22,24). The Morgan fingerprint density at radius 3 is 2.50 bits per heavy atom. The van der Waals surface area contributed by atoms with Crippen molar-refractivity contribution in [2.24, 2.45) is 0 Å². The molecule has 6 heteroatoms. The summed E-state index contributed by atoms with van der Waals surface area (Å²) in [4.78, 5) is 12.0. The minimum Gasteiger partial charge on any atom is -0.347 e. The zero-order valence-electron chi connectivity index (χ0n) is 12.7. The van der Waals surface area contributed by atoms with Gasteiger partial charge in [-0.25, -0.2) is 0 Å². The second-order valence-electron chi connectivity index (χ2n) is 5.41. The molecule has 124 valence electrons. The molecule has 1 N–H and O–H groups in total. The summed E-state index contributed by atoms with van der Waals surface area (Å²) in [5.41, 5.74) is -0.0712. The van der Waals surface area contributed by atoms with Gasteiger partial charge in [-0.15, -0.1) is 0 Å². The Morgan fingerprint density at radius 2 is 1.71 bits per heavy atom. The van der Waals surface area contributed by atoms with Crippen molar-refractivity contribution in [1.29, 1.82) is 0 Å². The monoisotopic (exact) mass is 332 g/mol. The van der Waals surface area contributed by atoms with E-state index in [0.29, 0.717) is 6.54 Å². The van der Waals surface area contributed by atoms with E-state index in [0.717, 1.165) is 17.0 Å². The number of carbonyl (C=O) groups is 1. The molecule has 0 fully saturated rings. The maximum Gasteiger partial charge on any atom is 0.418 e. The van der Waals surface area contributed by atoms with Crippen LogP contribution in [0.4, 0.5) is 18.9 Å². The Labute approximate surface area is 136 Å². The first-order valence-electron chi connectivity index (χ1n) is 7.45. The minimum atomic E-state index is -4.50. The van der Waals surface area contributed by atoms with E-state index >= 15 is 0 Å². The average molecular weight is 332 g/mol. The van der Waals surface area contributed by atoms with Crippen LogP contribution in [0, 0.1) is 0 Å². The van der Waals surface area contributed by atoms with Gasteiger partial charge in [-0.2, -0.15) is 13.2 Å². The second-order valence-corrected chi connectivity index (χ2v) is 5.41. The highest BCUT2D eigenvalue weighted by molar-refractivity contribution is 5.91. The summed E-state index contributed by atoms with van der Waals surface area (Å²) in [6.07, 6.45) is -2.55. The second kappa shape index (κ2) is 6.39. The molecular weight excluding hydrogens is 317 g/mol. The first-order chi connectivity index (χ1) is 11.4. The lowest BCUT2D eigenvalue weighted by molar-refractivity contribution is -0.137. The highest BCUT2D eigenvalue weighted by Gasteiger charge is 2.33. The molecule has 0 aliphatic carbocycles. The molecule has 3 aromatic rings. The number of halogens is 3. The third kappa shape index (κ3) is 3.42. The summed E-state index contributed by atoms with van der Waals surface area (Å²) in [7, 11) is 0. The van der Waals surface area contributed by atoms with Gasteiger partial charge in [0.25, 0.3) is 0 Å². The number of benzene rings is 2. The highest BCUT2D eigenvalue weighted by atomic mass is 19.4. The molecule has 0 spiro atoms. The highest BCUT2D eigenvalue weighted by Crippen LogP contribution is 2.34. The number of hydrogen-bond donors (Lipinski definition) is 1. The zero-order valence-corrected chi connectivity index (χ0v) is 12.7. The van der Waals surface area contributed by atoms with Crippen LogP contribution < -0.4 is 5.32 Å². The molecule has 1 amide bonds. The van der Waals surface area contributed by atoms with Crippen molar-refractivity contribution >= 4 is 22.5 Å². The fraction of sp³-hybridized carbons (Fsp3) is 0.167. The third-order valence-electron chi connectivity index (χ3n) is 3.77. The number of fused-ring (bicyclic) bond motifs is 1. The Morgan fingerprint density at radius 1 is 1.00 bits per heavy atom. The van der Waals surface area contributed by atoms with Gasteiger partial charge in [-0.3, -0.25) is 4.79 Å². The first kappa shape index (κ1) is 16.1. The Balaban J connectivity index is 1.69. The van der Waals surface area contributed by atoms with Crippen molar-refractivity contribution in [3.8, 4) is 0 Å². The van der Waals surface area contributed by atoms with Crippen molar-refractivity contribution in [3.63, 3.8) is 0 Å². The number of nitrogens with zero attached hydrogens (tertiary/aromatic N) is 1. The third-order valence-corrected chi connectivity index (χ3v) is 3.77. The van der Waals surface area contributed by atoms with Gasteiger partial charge in [0.2, 0.25) is 5.91 Å². The lowest BCUT2D eigenvalue weighted by atomic mass is 10.1. The maximum atomic E-state index is 12.9. The predicted octanol–water partition coefficient (Wildman–Crippen LogP) is 4.69. The van der Waals surface area contributed by atoms with Crippen LogP contribution in [0.3, 0.4) is 0 Å². The molecule has 0 unspecified atom stereocenters. The molecule has 1 aromatic heterocycles. The van der Waals surface area contributed by atoms with Crippen LogP contribution in [-0.2, 0) is 17.5 Å². The number of aryl methyl sites for hydroxylation is 1. The van der Waals surface area contributed by atoms with E-state index in [1.54, 1.807) is 0 Å². The van der Waals surface area contributed by atoms with Gasteiger partial charge in [-0.1, -0.05) is 30.3 Å². The minimum absolute atomic E-state index is 0.0882. The molecule has 0 aliphatic heterocycles. The van der Waals surface area contributed by atoms with Crippen LogP contribution in [0.25, 0.3) is 10.9 Å². The Hall–Kier alpha value is -2.76. The van der Waals surface area contributed by atoms with Gasteiger partial charge >= 0.3 is 6.18 Å². The molecule has 0 aliphatic rings. The number of hydrogen-bond acceptors (Lipinski definition) is 1. The van der Waals surface area contributed by atoms with Crippen molar-refractivity contribution in [1.82, 2.24) is 4.57 Å². The van der Waals surface area contributed by atoms with Gasteiger partial charge in [0.1, 0.15) is 0 Å². The molecule has 0 saturated heterocycles. The quantitative estimate of drug-likeness (QED) is 0.739. The van der Waals surface area contributed by atoms with Crippen LogP contribution in [-0.4, -0.2) is 10.5 Å². The fourth-order valence-electron chi connectivity index (χ4n) is 2.61. The summed E-state index contributed by atoms with van der Waals surface area (Å²) in [6, 6.07) is 14.6. The van der Waals surface area contributed by atoms with Crippen molar-refractivity contribution < 1.29 is 18.0 Å². The Kier molecular flexibility index (Phi) is 4.29. The van der Waals surface area contributed by atoms with E-state index in [2.05, 4.69) is 5.32 Å².